The third-order valence-electron chi connectivity index (χ3n) is 4.08. The molecule has 0 saturated carbocycles. The van der Waals surface area contributed by atoms with E-state index in [2.05, 4.69) is 5.32 Å². The van der Waals surface area contributed by atoms with Crippen LogP contribution in [-0.2, 0) is 17.5 Å². The molecular formula is C19H14ClF3N2O3. The van der Waals surface area contributed by atoms with E-state index in [1.165, 1.54) is 13.3 Å². The van der Waals surface area contributed by atoms with Gasteiger partial charge in [0.25, 0.3) is 5.56 Å². The van der Waals surface area contributed by atoms with Crippen LogP contribution in [0.3, 0.4) is 0 Å². The maximum atomic E-state index is 12.8. The zero-order chi connectivity index (χ0) is 20.5. The molecule has 1 aromatic heterocycles. The molecule has 1 heterocycles. The number of alkyl halides is 3. The van der Waals surface area contributed by atoms with Gasteiger partial charge < -0.3 is 14.6 Å². The summed E-state index contributed by atoms with van der Waals surface area (Å²) in [7, 11) is 1.48. The summed E-state index contributed by atoms with van der Waals surface area (Å²) < 4.78 is 44.9. The molecule has 9 heteroatoms. The Kier molecular flexibility index (Phi) is 5.33. The largest absolute Gasteiger partial charge is 0.496 e. The number of hydrogen-bond donors (Lipinski definition) is 1. The normalized spacial score (nSPS) is 11.5. The van der Waals surface area contributed by atoms with E-state index >= 15 is 0 Å². The van der Waals surface area contributed by atoms with Crippen molar-refractivity contribution in [1.82, 2.24) is 4.57 Å². The predicted molar refractivity (Wildman–Crippen MR) is 99.8 cm³/mol. The summed E-state index contributed by atoms with van der Waals surface area (Å²) in [5, 5.41) is 3.21. The number of anilines is 1. The number of hydrogen-bond acceptors (Lipinski definition) is 3. The first-order chi connectivity index (χ1) is 13.2. The zero-order valence-corrected chi connectivity index (χ0v) is 15.3. The van der Waals surface area contributed by atoms with Gasteiger partial charge in [-0.3, -0.25) is 9.59 Å². The summed E-state index contributed by atoms with van der Waals surface area (Å²) in [6.45, 7) is -0.390. The summed E-state index contributed by atoms with van der Waals surface area (Å²) in [5.74, 6) is -0.174. The van der Waals surface area contributed by atoms with Crippen molar-refractivity contribution in [2.75, 3.05) is 12.4 Å². The van der Waals surface area contributed by atoms with Crippen molar-refractivity contribution in [3.05, 3.63) is 69.6 Å². The Labute approximate surface area is 162 Å². The number of fused-ring (bicyclic) bond motifs is 1. The van der Waals surface area contributed by atoms with Gasteiger partial charge in [0, 0.05) is 11.6 Å². The number of ether oxygens (including phenoxy) is 1. The second kappa shape index (κ2) is 7.55. The minimum Gasteiger partial charge on any atom is -0.496 e. The van der Waals surface area contributed by atoms with Gasteiger partial charge in [0.05, 0.1) is 28.8 Å². The van der Waals surface area contributed by atoms with Gasteiger partial charge in [-0.05, 0) is 36.4 Å². The van der Waals surface area contributed by atoms with Crippen LogP contribution in [-0.4, -0.2) is 17.6 Å². The molecule has 0 radical (unpaired) electrons. The Hall–Kier alpha value is -3.00. The molecule has 0 aliphatic rings. The molecule has 28 heavy (non-hydrogen) atoms. The number of carbonyl (C=O) groups is 1. The van der Waals surface area contributed by atoms with Gasteiger partial charge in [-0.2, -0.15) is 13.2 Å². The molecule has 0 saturated heterocycles. The maximum Gasteiger partial charge on any atom is 0.416 e. The van der Waals surface area contributed by atoms with Gasteiger partial charge in [0.2, 0.25) is 5.91 Å². The second-order valence-electron chi connectivity index (χ2n) is 5.91. The van der Waals surface area contributed by atoms with Gasteiger partial charge in [-0.15, -0.1) is 0 Å². The number of pyridine rings is 1. The third kappa shape index (κ3) is 3.96. The first-order valence-corrected chi connectivity index (χ1v) is 8.41. The molecule has 0 unspecified atom stereocenters. The van der Waals surface area contributed by atoms with Crippen molar-refractivity contribution in [1.29, 1.82) is 0 Å². The third-order valence-corrected chi connectivity index (χ3v) is 4.41. The van der Waals surface area contributed by atoms with E-state index in [1.54, 1.807) is 24.3 Å². The van der Waals surface area contributed by atoms with E-state index in [0.717, 1.165) is 22.8 Å². The zero-order valence-electron chi connectivity index (χ0n) is 14.5. The quantitative estimate of drug-likeness (QED) is 0.696. The number of halogens is 4. The first-order valence-electron chi connectivity index (χ1n) is 8.03. The summed E-state index contributed by atoms with van der Waals surface area (Å²) in [6, 6.07) is 9.18. The van der Waals surface area contributed by atoms with Crippen molar-refractivity contribution >= 4 is 34.0 Å². The summed E-state index contributed by atoms with van der Waals surface area (Å²) in [6.07, 6.45) is -3.15. The first kappa shape index (κ1) is 19.8. The Balaban J connectivity index is 1.86. The molecule has 1 amide bonds. The highest BCUT2D eigenvalue weighted by atomic mass is 35.5. The highest BCUT2D eigenvalue weighted by Crippen LogP contribution is 2.33. The van der Waals surface area contributed by atoms with Gasteiger partial charge in [0.1, 0.15) is 12.3 Å². The maximum absolute atomic E-state index is 12.8. The van der Waals surface area contributed by atoms with Crippen LogP contribution in [0.25, 0.3) is 10.8 Å². The number of nitrogens with one attached hydrogen (secondary N) is 1. The SMILES string of the molecule is COc1cccc2c(=O)n(CC(=O)Nc3cc(C(F)(F)F)ccc3Cl)ccc12. The Morgan fingerprint density at radius 2 is 1.93 bits per heavy atom. The fourth-order valence-corrected chi connectivity index (χ4v) is 2.90. The minimum atomic E-state index is -4.57. The molecule has 146 valence electrons. The lowest BCUT2D eigenvalue weighted by molar-refractivity contribution is -0.137. The second-order valence-corrected chi connectivity index (χ2v) is 6.32. The number of nitrogens with zero attached hydrogens (tertiary/aromatic N) is 1. The van der Waals surface area contributed by atoms with E-state index in [-0.39, 0.29) is 10.7 Å². The number of methoxy groups -OCH3 is 1. The summed E-state index contributed by atoms with van der Waals surface area (Å²) >= 11 is 5.87. The van der Waals surface area contributed by atoms with Crippen LogP contribution < -0.4 is 15.6 Å². The highest BCUT2D eigenvalue weighted by Gasteiger charge is 2.31. The molecule has 2 aromatic carbocycles. The van der Waals surface area contributed by atoms with E-state index < -0.39 is 29.8 Å². The Morgan fingerprint density at radius 1 is 1.18 bits per heavy atom. The monoisotopic (exact) mass is 410 g/mol. The van der Waals surface area contributed by atoms with Crippen molar-refractivity contribution in [3.8, 4) is 5.75 Å². The molecule has 3 rings (SSSR count). The number of carbonyl (C=O) groups excluding carboxylic acids is 1. The van der Waals surface area contributed by atoms with E-state index in [0.29, 0.717) is 16.5 Å². The van der Waals surface area contributed by atoms with Crippen molar-refractivity contribution in [2.45, 2.75) is 12.7 Å². The number of aromatic nitrogens is 1. The van der Waals surface area contributed by atoms with Crippen molar-refractivity contribution in [2.24, 2.45) is 0 Å². The summed E-state index contributed by atoms with van der Waals surface area (Å²) in [4.78, 5) is 24.9. The smallest absolute Gasteiger partial charge is 0.416 e. The molecule has 0 bridgehead atoms. The van der Waals surface area contributed by atoms with Crippen LogP contribution in [0.15, 0.2) is 53.5 Å². The average molecular weight is 411 g/mol. The minimum absolute atomic E-state index is 0.0445. The number of rotatable bonds is 4. The van der Waals surface area contributed by atoms with Crippen LogP contribution in [0.5, 0.6) is 5.75 Å². The Morgan fingerprint density at radius 3 is 2.61 bits per heavy atom. The topological polar surface area (TPSA) is 60.3 Å². The Bertz CT molecular complexity index is 1110. The molecule has 0 spiro atoms. The van der Waals surface area contributed by atoms with Crippen LogP contribution in [0, 0.1) is 0 Å². The molecule has 3 aromatic rings. The molecular weight excluding hydrogens is 397 g/mol. The van der Waals surface area contributed by atoms with Gasteiger partial charge in [-0.25, -0.2) is 0 Å². The van der Waals surface area contributed by atoms with Gasteiger partial charge in [-0.1, -0.05) is 17.7 Å². The molecule has 0 aliphatic carbocycles. The number of benzene rings is 2. The predicted octanol–water partition coefficient (Wildman–Crippen LogP) is 4.32. The molecule has 5 nitrogen and oxygen atoms in total. The number of amides is 1. The van der Waals surface area contributed by atoms with Gasteiger partial charge >= 0.3 is 6.18 Å². The lowest BCUT2D eigenvalue weighted by Crippen LogP contribution is -2.27. The van der Waals surface area contributed by atoms with E-state index in [9.17, 15) is 22.8 Å². The molecule has 0 aliphatic heterocycles. The average Bonchev–Trinajstić information content (AvgIpc) is 2.64. The van der Waals surface area contributed by atoms with Crippen LogP contribution in [0.1, 0.15) is 5.56 Å². The van der Waals surface area contributed by atoms with Crippen LogP contribution in [0.2, 0.25) is 5.02 Å². The fraction of sp³-hybridized carbons (Fsp3) is 0.158. The van der Waals surface area contributed by atoms with Gasteiger partial charge in [0.15, 0.2) is 0 Å². The van der Waals surface area contributed by atoms with Crippen molar-refractivity contribution < 1.29 is 22.7 Å². The van der Waals surface area contributed by atoms with Crippen LogP contribution >= 0.6 is 11.6 Å². The van der Waals surface area contributed by atoms with E-state index in [4.69, 9.17) is 16.3 Å². The van der Waals surface area contributed by atoms with Crippen LogP contribution in [0.4, 0.5) is 18.9 Å². The van der Waals surface area contributed by atoms with Crippen molar-refractivity contribution in [3.63, 3.8) is 0 Å². The molecule has 1 N–H and O–H groups in total. The summed E-state index contributed by atoms with van der Waals surface area (Å²) in [5.41, 5.74) is -1.55. The van der Waals surface area contributed by atoms with E-state index in [1.807, 2.05) is 0 Å². The molecule has 0 atom stereocenters. The fourth-order valence-electron chi connectivity index (χ4n) is 2.73. The standard InChI is InChI=1S/C19H14ClF3N2O3/c1-28-16-4-2-3-13-12(16)7-8-25(18(13)27)10-17(26)24-15-9-11(19(21,22)23)5-6-14(15)20/h2-9H,10H2,1H3,(H,24,26). The lowest BCUT2D eigenvalue weighted by atomic mass is 10.1. The molecule has 0 fully saturated rings. The lowest BCUT2D eigenvalue weighted by Gasteiger charge is -2.13. The highest BCUT2D eigenvalue weighted by molar-refractivity contribution is 6.33.